The first kappa shape index (κ1) is 17.1. The SMILES string of the molecule is CC1N2C[C@H](CC[C@H]2C(=O)NC2CCNCC2)N1OS(=O)(=O)O. The Hall–Kier alpha value is -0.780. The number of carbonyl (C=O) groups is 1. The zero-order valence-corrected chi connectivity index (χ0v) is 14.0. The van der Waals surface area contributed by atoms with Crippen molar-refractivity contribution in [3.8, 4) is 0 Å². The molecule has 132 valence electrons. The number of amides is 1. The molecule has 1 amide bonds. The van der Waals surface area contributed by atoms with Gasteiger partial charge < -0.3 is 10.6 Å². The van der Waals surface area contributed by atoms with Crippen LogP contribution in [0.5, 0.6) is 0 Å². The van der Waals surface area contributed by atoms with Gasteiger partial charge in [-0.25, -0.2) is 0 Å². The van der Waals surface area contributed by atoms with Gasteiger partial charge in [-0.1, -0.05) is 0 Å². The number of fused-ring (bicyclic) bond motifs is 2. The van der Waals surface area contributed by atoms with Crippen molar-refractivity contribution < 1.29 is 22.0 Å². The first-order valence-corrected chi connectivity index (χ1v) is 9.44. The number of nitrogens with one attached hydrogen (secondary N) is 2. The molecule has 4 atom stereocenters. The summed E-state index contributed by atoms with van der Waals surface area (Å²) in [5.41, 5.74) is 0. The molecular formula is C13H24N4O5S. The number of hydrogen-bond donors (Lipinski definition) is 3. The fourth-order valence-corrected chi connectivity index (χ4v) is 4.29. The van der Waals surface area contributed by atoms with Crippen molar-refractivity contribution >= 4 is 16.3 Å². The Balaban J connectivity index is 1.63. The van der Waals surface area contributed by atoms with E-state index in [1.54, 1.807) is 6.92 Å². The van der Waals surface area contributed by atoms with Crippen LogP contribution in [-0.4, -0.2) is 72.8 Å². The minimum absolute atomic E-state index is 0.00379. The molecule has 0 aromatic rings. The quantitative estimate of drug-likeness (QED) is 0.560. The Morgan fingerprint density at radius 3 is 2.61 bits per heavy atom. The van der Waals surface area contributed by atoms with Gasteiger partial charge >= 0.3 is 10.4 Å². The molecule has 3 heterocycles. The Labute approximate surface area is 136 Å². The average molecular weight is 348 g/mol. The summed E-state index contributed by atoms with van der Waals surface area (Å²) in [5.74, 6) is -0.00379. The molecule has 23 heavy (non-hydrogen) atoms. The van der Waals surface area contributed by atoms with E-state index in [0.717, 1.165) is 25.9 Å². The van der Waals surface area contributed by atoms with Crippen molar-refractivity contribution in [1.82, 2.24) is 20.6 Å². The number of hydroxylamine groups is 2. The van der Waals surface area contributed by atoms with Crippen LogP contribution in [0.2, 0.25) is 0 Å². The maximum atomic E-state index is 12.6. The Kier molecular flexibility index (Phi) is 4.90. The standard InChI is InChI=1S/C13H24N4O5S/c1-9-16-8-11(17(9)22-23(19,20)21)2-3-12(16)13(18)15-10-4-6-14-7-5-10/h9-12,14H,2-8H2,1H3,(H,15,18)(H,19,20,21)/t9?,11-,12-/m0/s1. The summed E-state index contributed by atoms with van der Waals surface area (Å²) in [6.45, 7) is 4.16. The highest BCUT2D eigenvalue weighted by atomic mass is 32.3. The minimum Gasteiger partial charge on any atom is -0.352 e. The summed E-state index contributed by atoms with van der Waals surface area (Å²) in [6, 6.07) is -0.217. The molecule has 2 bridgehead atoms. The molecule has 3 N–H and O–H groups in total. The largest absolute Gasteiger partial charge is 0.413 e. The first-order chi connectivity index (χ1) is 10.8. The van der Waals surface area contributed by atoms with Crippen LogP contribution in [0, 0.1) is 0 Å². The maximum Gasteiger partial charge on any atom is 0.413 e. The molecule has 0 radical (unpaired) electrons. The van der Waals surface area contributed by atoms with Gasteiger partial charge in [0.05, 0.1) is 18.2 Å². The molecule has 3 saturated heterocycles. The summed E-state index contributed by atoms with van der Waals surface area (Å²) >= 11 is 0. The molecule has 10 heteroatoms. The molecular weight excluding hydrogens is 324 g/mol. The Bertz CT molecular complexity index is 551. The van der Waals surface area contributed by atoms with Crippen LogP contribution in [0.4, 0.5) is 0 Å². The normalized spacial score (nSPS) is 36.1. The van der Waals surface area contributed by atoms with Gasteiger partial charge in [0.25, 0.3) is 0 Å². The van der Waals surface area contributed by atoms with E-state index >= 15 is 0 Å². The van der Waals surface area contributed by atoms with Gasteiger partial charge in [0.1, 0.15) is 0 Å². The zero-order valence-electron chi connectivity index (χ0n) is 13.1. The second-order valence-electron chi connectivity index (χ2n) is 6.47. The predicted molar refractivity (Wildman–Crippen MR) is 81.5 cm³/mol. The van der Waals surface area contributed by atoms with E-state index in [4.69, 9.17) is 4.55 Å². The number of rotatable bonds is 4. The van der Waals surface area contributed by atoms with Crippen molar-refractivity contribution in [2.45, 2.75) is 56.9 Å². The van der Waals surface area contributed by atoms with Crippen LogP contribution in [0.3, 0.4) is 0 Å². The summed E-state index contributed by atoms with van der Waals surface area (Å²) in [4.78, 5) is 14.5. The molecule has 0 aliphatic carbocycles. The van der Waals surface area contributed by atoms with E-state index in [1.807, 2.05) is 4.90 Å². The van der Waals surface area contributed by atoms with E-state index in [1.165, 1.54) is 5.06 Å². The number of piperidine rings is 2. The van der Waals surface area contributed by atoms with Crippen LogP contribution < -0.4 is 10.6 Å². The summed E-state index contributed by atoms with van der Waals surface area (Å²) < 4.78 is 35.6. The highest BCUT2D eigenvalue weighted by Gasteiger charge is 2.48. The lowest BCUT2D eigenvalue weighted by molar-refractivity contribution is -0.131. The third-order valence-electron chi connectivity index (χ3n) is 4.97. The molecule has 0 aromatic carbocycles. The van der Waals surface area contributed by atoms with E-state index in [9.17, 15) is 13.2 Å². The van der Waals surface area contributed by atoms with Crippen molar-refractivity contribution in [2.24, 2.45) is 0 Å². The first-order valence-electron chi connectivity index (χ1n) is 8.07. The van der Waals surface area contributed by atoms with E-state index in [2.05, 4.69) is 14.9 Å². The molecule has 9 nitrogen and oxygen atoms in total. The van der Waals surface area contributed by atoms with E-state index in [0.29, 0.717) is 19.4 Å². The highest BCUT2D eigenvalue weighted by molar-refractivity contribution is 7.80. The summed E-state index contributed by atoms with van der Waals surface area (Å²) in [7, 11) is -4.55. The Morgan fingerprint density at radius 1 is 1.26 bits per heavy atom. The van der Waals surface area contributed by atoms with Gasteiger partial charge in [-0.05, 0) is 45.7 Å². The molecule has 0 spiro atoms. The second-order valence-corrected chi connectivity index (χ2v) is 7.48. The lowest BCUT2D eigenvalue weighted by Gasteiger charge is -2.33. The lowest BCUT2D eigenvalue weighted by Crippen LogP contribution is -2.54. The molecule has 2 unspecified atom stereocenters. The molecule has 3 fully saturated rings. The fraction of sp³-hybridized carbons (Fsp3) is 0.923. The van der Waals surface area contributed by atoms with Crippen LogP contribution in [0.1, 0.15) is 32.6 Å². The molecule has 3 aliphatic rings. The second kappa shape index (κ2) is 6.61. The highest BCUT2D eigenvalue weighted by Crippen LogP contribution is 2.33. The van der Waals surface area contributed by atoms with Crippen molar-refractivity contribution in [3.63, 3.8) is 0 Å². The van der Waals surface area contributed by atoms with Gasteiger partial charge in [0, 0.05) is 12.6 Å². The molecule has 3 rings (SSSR count). The van der Waals surface area contributed by atoms with Crippen molar-refractivity contribution in [1.29, 1.82) is 0 Å². The fourth-order valence-electron chi connectivity index (χ4n) is 3.83. The molecule has 0 saturated carbocycles. The minimum atomic E-state index is -4.55. The van der Waals surface area contributed by atoms with Gasteiger partial charge in [0.15, 0.2) is 0 Å². The number of nitrogens with zero attached hydrogens (tertiary/aromatic N) is 2. The van der Waals surface area contributed by atoms with Gasteiger partial charge in [-0.3, -0.25) is 14.2 Å². The third-order valence-corrected chi connectivity index (χ3v) is 5.33. The van der Waals surface area contributed by atoms with E-state index < -0.39 is 10.4 Å². The van der Waals surface area contributed by atoms with E-state index in [-0.39, 0.29) is 30.2 Å². The van der Waals surface area contributed by atoms with Crippen molar-refractivity contribution in [3.05, 3.63) is 0 Å². The van der Waals surface area contributed by atoms with Crippen LogP contribution in [-0.2, 0) is 19.5 Å². The third kappa shape index (κ3) is 3.83. The monoisotopic (exact) mass is 348 g/mol. The van der Waals surface area contributed by atoms with Gasteiger partial charge in [-0.15, -0.1) is 5.06 Å². The predicted octanol–water partition coefficient (Wildman–Crippen LogP) is -0.916. The summed E-state index contributed by atoms with van der Waals surface area (Å²) in [5, 5.41) is 7.66. The van der Waals surface area contributed by atoms with Crippen LogP contribution in [0.25, 0.3) is 0 Å². The summed E-state index contributed by atoms with van der Waals surface area (Å²) in [6.07, 6.45) is 2.77. The van der Waals surface area contributed by atoms with Gasteiger partial charge in [-0.2, -0.15) is 12.7 Å². The smallest absolute Gasteiger partial charge is 0.352 e. The average Bonchev–Trinajstić information content (AvgIpc) is 2.72. The van der Waals surface area contributed by atoms with Gasteiger partial charge in [0.2, 0.25) is 5.91 Å². The maximum absolute atomic E-state index is 12.6. The topological polar surface area (TPSA) is 111 Å². The number of carbonyl (C=O) groups excluding carboxylic acids is 1. The molecule has 3 aliphatic heterocycles. The van der Waals surface area contributed by atoms with Crippen LogP contribution in [0.15, 0.2) is 0 Å². The van der Waals surface area contributed by atoms with Crippen LogP contribution >= 0.6 is 0 Å². The Morgan fingerprint density at radius 2 is 1.96 bits per heavy atom. The lowest BCUT2D eigenvalue weighted by atomic mass is 9.99. The molecule has 0 aromatic heterocycles. The zero-order chi connectivity index (χ0) is 16.6. The van der Waals surface area contributed by atoms with Crippen molar-refractivity contribution in [2.75, 3.05) is 19.6 Å². The number of hydrogen-bond acceptors (Lipinski definition) is 7.